The van der Waals surface area contributed by atoms with E-state index in [9.17, 15) is 14.4 Å². The van der Waals surface area contributed by atoms with Crippen molar-refractivity contribution < 1.29 is 19.1 Å². The number of amides is 2. The van der Waals surface area contributed by atoms with Crippen molar-refractivity contribution in [2.24, 2.45) is 5.10 Å². The summed E-state index contributed by atoms with van der Waals surface area (Å²) >= 11 is 11.8. The molecule has 122 valence electrons. The van der Waals surface area contributed by atoms with E-state index >= 15 is 0 Å². The number of carbonyl (C=O) groups is 3. The van der Waals surface area contributed by atoms with E-state index in [0.717, 1.165) is 0 Å². The largest absolute Gasteiger partial charge is 0.448 e. The summed E-state index contributed by atoms with van der Waals surface area (Å²) in [5.41, 5.74) is 2.56. The summed E-state index contributed by atoms with van der Waals surface area (Å²) in [7, 11) is 0. The Morgan fingerprint density at radius 1 is 1.35 bits per heavy atom. The minimum atomic E-state index is -1.07. The van der Waals surface area contributed by atoms with Crippen LogP contribution in [-0.2, 0) is 19.1 Å². The van der Waals surface area contributed by atoms with Crippen LogP contribution in [0.15, 0.2) is 23.3 Å². The van der Waals surface area contributed by atoms with Crippen LogP contribution in [0.3, 0.4) is 0 Å². The number of carbonyl (C=O) groups excluding carboxylic acids is 3. The van der Waals surface area contributed by atoms with Gasteiger partial charge >= 0.3 is 5.97 Å². The monoisotopic (exact) mass is 357 g/mol. The van der Waals surface area contributed by atoms with E-state index < -0.39 is 18.0 Å². The Bertz CT molecular complexity index is 691. The van der Waals surface area contributed by atoms with Crippen LogP contribution in [0.1, 0.15) is 19.8 Å². The van der Waals surface area contributed by atoms with E-state index in [1.54, 1.807) is 18.2 Å². The highest BCUT2D eigenvalue weighted by molar-refractivity contribution is 6.44. The van der Waals surface area contributed by atoms with Crippen molar-refractivity contribution in [3.63, 3.8) is 0 Å². The van der Waals surface area contributed by atoms with Crippen LogP contribution in [0, 0.1) is 0 Å². The maximum absolute atomic E-state index is 12.0. The number of hydrazone groups is 1. The molecule has 9 heteroatoms. The van der Waals surface area contributed by atoms with Gasteiger partial charge in [-0.2, -0.15) is 5.10 Å². The Morgan fingerprint density at radius 3 is 2.74 bits per heavy atom. The number of benzene rings is 1. The summed E-state index contributed by atoms with van der Waals surface area (Å²) < 4.78 is 5.02. The van der Waals surface area contributed by atoms with Gasteiger partial charge in [0.2, 0.25) is 5.91 Å². The average molecular weight is 358 g/mol. The van der Waals surface area contributed by atoms with Crippen molar-refractivity contribution >= 4 is 52.4 Å². The first kappa shape index (κ1) is 17.2. The molecule has 1 aliphatic heterocycles. The lowest BCUT2D eigenvalue weighted by Crippen LogP contribution is -2.35. The topological polar surface area (TPSA) is 96.9 Å². The zero-order chi connectivity index (χ0) is 17.0. The zero-order valence-electron chi connectivity index (χ0n) is 12.1. The van der Waals surface area contributed by atoms with Crippen LogP contribution in [0.5, 0.6) is 0 Å². The predicted octanol–water partition coefficient (Wildman–Crippen LogP) is 2.13. The number of halogens is 2. The molecule has 0 bridgehead atoms. The molecule has 0 radical (unpaired) electrons. The number of nitrogens with one attached hydrogen (secondary N) is 2. The standard InChI is InChI=1S/C14H13Cl2N3O4/c1-7(23-14(22)10-5-6-11(20)19-18-10)13(21)17-9-4-2-3-8(15)12(9)16/h2-4,7H,5-6H2,1H3,(H,17,21)(H,19,20)/t7-/m0/s1. The Labute approximate surface area is 142 Å². The molecule has 0 saturated carbocycles. The molecule has 1 atom stereocenters. The Hall–Kier alpha value is -2.12. The molecule has 1 aromatic carbocycles. The van der Waals surface area contributed by atoms with E-state index in [2.05, 4.69) is 15.8 Å². The summed E-state index contributed by atoms with van der Waals surface area (Å²) in [5.74, 6) is -1.60. The van der Waals surface area contributed by atoms with Crippen LogP contribution >= 0.6 is 23.2 Å². The molecule has 1 aromatic rings. The molecule has 0 spiro atoms. The van der Waals surface area contributed by atoms with Gasteiger partial charge in [-0.25, -0.2) is 10.2 Å². The third-order valence-electron chi connectivity index (χ3n) is 3.00. The third kappa shape index (κ3) is 4.43. The van der Waals surface area contributed by atoms with Crippen LogP contribution in [-0.4, -0.2) is 29.6 Å². The number of rotatable bonds is 4. The summed E-state index contributed by atoms with van der Waals surface area (Å²) in [4.78, 5) is 34.9. The summed E-state index contributed by atoms with van der Waals surface area (Å²) in [5, 5.41) is 6.62. The summed E-state index contributed by atoms with van der Waals surface area (Å²) in [6.07, 6.45) is -0.760. The molecular weight excluding hydrogens is 345 g/mol. The average Bonchev–Trinajstić information content (AvgIpc) is 2.52. The summed E-state index contributed by atoms with van der Waals surface area (Å²) in [6.45, 7) is 1.41. The van der Waals surface area contributed by atoms with Crippen molar-refractivity contribution in [2.45, 2.75) is 25.9 Å². The maximum atomic E-state index is 12.0. The number of hydrogen-bond donors (Lipinski definition) is 2. The Balaban J connectivity index is 1.96. The van der Waals surface area contributed by atoms with Crippen LogP contribution in [0.25, 0.3) is 0 Å². The Kier molecular flexibility index (Phi) is 5.57. The fourth-order valence-electron chi connectivity index (χ4n) is 1.74. The molecule has 0 unspecified atom stereocenters. The summed E-state index contributed by atoms with van der Waals surface area (Å²) in [6, 6.07) is 4.78. The third-order valence-corrected chi connectivity index (χ3v) is 3.82. The zero-order valence-corrected chi connectivity index (χ0v) is 13.6. The first-order valence-corrected chi connectivity index (χ1v) is 7.45. The van der Waals surface area contributed by atoms with E-state index in [4.69, 9.17) is 27.9 Å². The van der Waals surface area contributed by atoms with Gasteiger partial charge in [0, 0.05) is 12.8 Å². The molecule has 0 fully saturated rings. The molecule has 1 aliphatic rings. The minimum Gasteiger partial charge on any atom is -0.448 e. The fourth-order valence-corrected chi connectivity index (χ4v) is 2.09. The molecule has 1 heterocycles. The lowest BCUT2D eigenvalue weighted by atomic mass is 10.2. The van der Waals surface area contributed by atoms with Crippen LogP contribution < -0.4 is 10.7 Å². The van der Waals surface area contributed by atoms with Gasteiger partial charge in [-0.3, -0.25) is 9.59 Å². The molecule has 0 aliphatic carbocycles. The Morgan fingerprint density at radius 2 is 2.09 bits per heavy atom. The normalized spacial score (nSPS) is 15.3. The first-order chi connectivity index (χ1) is 10.9. The lowest BCUT2D eigenvalue weighted by Gasteiger charge is -2.16. The van der Waals surface area contributed by atoms with Crippen molar-refractivity contribution in [2.75, 3.05) is 5.32 Å². The van der Waals surface area contributed by atoms with Crippen molar-refractivity contribution in [1.29, 1.82) is 0 Å². The van der Waals surface area contributed by atoms with Gasteiger partial charge in [0.1, 0.15) is 5.71 Å². The number of esters is 1. The molecular formula is C14H13Cl2N3O4. The minimum absolute atomic E-state index is 0.0602. The number of anilines is 1. The van der Waals surface area contributed by atoms with Crippen LogP contribution in [0.2, 0.25) is 10.0 Å². The molecule has 23 heavy (non-hydrogen) atoms. The van der Waals surface area contributed by atoms with Crippen molar-refractivity contribution in [3.05, 3.63) is 28.2 Å². The van der Waals surface area contributed by atoms with E-state index in [0.29, 0.717) is 10.7 Å². The van der Waals surface area contributed by atoms with Crippen LogP contribution in [0.4, 0.5) is 5.69 Å². The second-order valence-electron chi connectivity index (χ2n) is 4.73. The van der Waals surface area contributed by atoms with Gasteiger partial charge in [-0.05, 0) is 19.1 Å². The molecule has 2 rings (SSSR count). The first-order valence-electron chi connectivity index (χ1n) is 6.69. The highest BCUT2D eigenvalue weighted by atomic mass is 35.5. The van der Waals surface area contributed by atoms with Crippen molar-refractivity contribution in [1.82, 2.24) is 5.43 Å². The molecule has 2 N–H and O–H groups in total. The lowest BCUT2D eigenvalue weighted by molar-refractivity contribution is -0.146. The molecule has 0 aromatic heterocycles. The van der Waals surface area contributed by atoms with Gasteiger partial charge < -0.3 is 10.1 Å². The van der Waals surface area contributed by atoms with Gasteiger partial charge in [-0.1, -0.05) is 29.3 Å². The van der Waals surface area contributed by atoms with Crippen molar-refractivity contribution in [3.8, 4) is 0 Å². The van der Waals surface area contributed by atoms with Gasteiger partial charge in [0.15, 0.2) is 6.10 Å². The quantitative estimate of drug-likeness (QED) is 0.806. The maximum Gasteiger partial charge on any atom is 0.355 e. The predicted molar refractivity (Wildman–Crippen MR) is 85.5 cm³/mol. The van der Waals surface area contributed by atoms with Gasteiger partial charge in [0.05, 0.1) is 15.7 Å². The smallest absolute Gasteiger partial charge is 0.355 e. The van der Waals surface area contributed by atoms with Gasteiger partial charge in [0.25, 0.3) is 5.91 Å². The highest BCUT2D eigenvalue weighted by Crippen LogP contribution is 2.29. The second kappa shape index (κ2) is 7.43. The van der Waals surface area contributed by atoms with E-state index in [1.807, 2.05) is 0 Å². The second-order valence-corrected chi connectivity index (χ2v) is 5.52. The molecule has 7 nitrogen and oxygen atoms in total. The molecule has 0 saturated heterocycles. The number of hydrogen-bond acceptors (Lipinski definition) is 5. The highest BCUT2D eigenvalue weighted by Gasteiger charge is 2.24. The SMILES string of the molecule is C[C@H](OC(=O)C1=NNC(=O)CC1)C(=O)Nc1cccc(Cl)c1Cl. The fraction of sp³-hybridized carbons (Fsp3) is 0.286. The number of ether oxygens (including phenoxy) is 1. The van der Waals surface area contributed by atoms with Gasteiger partial charge in [-0.15, -0.1) is 0 Å². The van der Waals surface area contributed by atoms with E-state index in [1.165, 1.54) is 6.92 Å². The van der Waals surface area contributed by atoms with E-state index in [-0.39, 0.29) is 29.5 Å². The molecule has 2 amide bonds. The number of nitrogens with zero attached hydrogens (tertiary/aromatic N) is 1.